The Balaban J connectivity index is 1.22. The first kappa shape index (κ1) is 20.1. The summed E-state index contributed by atoms with van der Waals surface area (Å²) in [7, 11) is 0. The number of piperidine rings is 1. The first-order valence-corrected chi connectivity index (χ1v) is 10.2. The van der Waals surface area contributed by atoms with Crippen molar-refractivity contribution in [2.75, 3.05) is 26.2 Å². The summed E-state index contributed by atoms with van der Waals surface area (Å²) in [5.74, 6) is -0.314. The highest BCUT2D eigenvalue weighted by molar-refractivity contribution is 5.88. The topological polar surface area (TPSA) is 103 Å². The fraction of sp³-hybridized carbons (Fsp3) is 0.600. The quantitative estimate of drug-likeness (QED) is 0.410. The number of urea groups is 1. The van der Waals surface area contributed by atoms with E-state index in [9.17, 15) is 14.7 Å². The Morgan fingerprint density at radius 1 is 1.28 bits per heavy atom. The Morgan fingerprint density at radius 2 is 2.07 bits per heavy atom. The van der Waals surface area contributed by atoms with Crippen molar-refractivity contribution in [3.8, 4) is 0 Å². The standard InChI is InChI=1S/C20H28N4O5/c25-18(22-28-10-4-9-20(27)13-21-14-20)17-8-7-16-11-23(17)19(26)24(16)29-12-15-5-2-1-3-6-15/h1-3,5-6,16-17,21,27H,4,7-14H2,(H,22,25). The molecule has 3 fully saturated rings. The van der Waals surface area contributed by atoms with Crippen molar-refractivity contribution in [3.63, 3.8) is 0 Å². The molecule has 3 N–H and O–H groups in total. The third-order valence-electron chi connectivity index (χ3n) is 5.81. The van der Waals surface area contributed by atoms with Gasteiger partial charge in [-0.15, -0.1) is 0 Å². The number of nitrogens with one attached hydrogen (secondary N) is 2. The molecule has 2 bridgehead atoms. The van der Waals surface area contributed by atoms with Gasteiger partial charge < -0.3 is 15.3 Å². The average molecular weight is 404 g/mol. The summed E-state index contributed by atoms with van der Waals surface area (Å²) < 4.78 is 0. The Bertz CT molecular complexity index is 727. The van der Waals surface area contributed by atoms with Gasteiger partial charge in [-0.2, -0.15) is 5.06 Å². The lowest BCUT2D eigenvalue weighted by Gasteiger charge is -2.37. The molecule has 0 aromatic heterocycles. The molecule has 1 aromatic carbocycles. The Labute approximate surface area is 169 Å². The maximum atomic E-state index is 12.7. The average Bonchev–Trinajstić information content (AvgIpc) is 2.95. The minimum Gasteiger partial charge on any atom is -0.387 e. The number of hydrogen-bond donors (Lipinski definition) is 3. The van der Waals surface area contributed by atoms with Crippen LogP contribution >= 0.6 is 0 Å². The number of hydrogen-bond acceptors (Lipinski definition) is 6. The summed E-state index contributed by atoms with van der Waals surface area (Å²) in [6.45, 7) is 2.32. The van der Waals surface area contributed by atoms with E-state index >= 15 is 0 Å². The SMILES string of the molecule is O=C(NOCCCC1(O)CNC1)C1CCC2CN1C(=O)N2OCc1ccccc1. The number of carbonyl (C=O) groups excluding carboxylic acids is 2. The van der Waals surface area contributed by atoms with Gasteiger partial charge in [0.1, 0.15) is 12.6 Å². The van der Waals surface area contributed by atoms with E-state index in [1.165, 1.54) is 5.06 Å². The van der Waals surface area contributed by atoms with Crippen LogP contribution in [0.2, 0.25) is 0 Å². The summed E-state index contributed by atoms with van der Waals surface area (Å²) in [6.07, 6.45) is 2.55. The van der Waals surface area contributed by atoms with Gasteiger partial charge in [-0.1, -0.05) is 30.3 Å². The predicted octanol–water partition coefficient (Wildman–Crippen LogP) is 0.549. The molecule has 0 spiro atoms. The molecule has 0 saturated carbocycles. The van der Waals surface area contributed by atoms with E-state index in [0.717, 1.165) is 5.56 Å². The lowest BCUT2D eigenvalue weighted by Crippen LogP contribution is -2.59. The van der Waals surface area contributed by atoms with Gasteiger partial charge in [0.2, 0.25) is 0 Å². The molecule has 3 heterocycles. The van der Waals surface area contributed by atoms with E-state index in [2.05, 4.69) is 10.8 Å². The van der Waals surface area contributed by atoms with Gasteiger partial charge in [0.05, 0.1) is 18.2 Å². The molecule has 3 saturated heterocycles. The first-order chi connectivity index (χ1) is 14.1. The molecule has 3 aliphatic heterocycles. The fourth-order valence-electron chi connectivity index (χ4n) is 4.04. The monoisotopic (exact) mass is 404 g/mol. The number of carbonyl (C=O) groups is 2. The molecular formula is C20H28N4O5. The molecule has 2 unspecified atom stereocenters. The molecule has 0 aliphatic carbocycles. The van der Waals surface area contributed by atoms with Crippen LogP contribution in [-0.2, 0) is 21.1 Å². The van der Waals surface area contributed by atoms with Gasteiger partial charge >= 0.3 is 6.03 Å². The number of aliphatic hydroxyl groups is 1. The number of rotatable bonds is 9. The van der Waals surface area contributed by atoms with Crippen LogP contribution in [0.25, 0.3) is 0 Å². The number of benzene rings is 1. The molecule has 0 radical (unpaired) electrons. The van der Waals surface area contributed by atoms with Gasteiger partial charge in [-0.3, -0.25) is 14.5 Å². The third kappa shape index (κ3) is 4.53. The molecule has 158 valence electrons. The lowest BCUT2D eigenvalue weighted by atomic mass is 9.92. The normalized spacial score (nSPS) is 25.1. The summed E-state index contributed by atoms with van der Waals surface area (Å²) in [5.41, 5.74) is 2.81. The highest BCUT2D eigenvalue weighted by Gasteiger charge is 2.48. The number of fused-ring (bicyclic) bond motifs is 2. The molecular weight excluding hydrogens is 376 g/mol. The molecule has 3 amide bonds. The smallest absolute Gasteiger partial charge is 0.345 e. The Hall–Kier alpha value is -2.20. The zero-order chi connectivity index (χ0) is 20.3. The first-order valence-electron chi connectivity index (χ1n) is 10.2. The molecule has 29 heavy (non-hydrogen) atoms. The van der Waals surface area contributed by atoms with Crippen LogP contribution in [-0.4, -0.2) is 70.9 Å². The van der Waals surface area contributed by atoms with Gasteiger partial charge in [0.25, 0.3) is 5.91 Å². The molecule has 1 aromatic rings. The second-order valence-corrected chi connectivity index (χ2v) is 8.01. The van der Waals surface area contributed by atoms with E-state index < -0.39 is 11.6 Å². The molecule has 2 atom stereocenters. The van der Waals surface area contributed by atoms with E-state index in [0.29, 0.717) is 58.5 Å². The second-order valence-electron chi connectivity index (χ2n) is 8.01. The Morgan fingerprint density at radius 3 is 2.79 bits per heavy atom. The molecule has 3 aliphatic rings. The van der Waals surface area contributed by atoms with Crippen molar-refractivity contribution in [1.29, 1.82) is 0 Å². The second kappa shape index (κ2) is 8.66. The minimum atomic E-state index is -0.642. The fourth-order valence-corrected chi connectivity index (χ4v) is 4.04. The lowest BCUT2D eigenvalue weighted by molar-refractivity contribution is -0.141. The summed E-state index contributed by atoms with van der Waals surface area (Å²) in [5, 5.41) is 14.4. The van der Waals surface area contributed by atoms with Crippen molar-refractivity contribution < 1.29 is 24.4 Å². The van der Waals surface area contributed by atoms with E-state index in [1.54, 1.807) is 4.90 Å². The van der Waals surface area contributed by atoms with Crippen molar-refractivity contribution in [2.24, 2.45) is 0 Å². The van der Waals surface area contributed by atoms with E-state index in [4.69, 9.17) is 9.68 Å². The highest BCUT2D eigenvalue weighted by Crippen LogP contribution is 2.30. The zero-order valence-corrected chi connectivity index (χ0v) is 16.4. The van der Waals surface area contributed by atoms with Crippen LogP contribution in [0.15, 0.2) is 30.3 Å². The van der Waals surface area contributed by atoms with Gasteiger partial charge in [0, 0.05) is 19.6 Å². The number of amides is 3. The van der Waals surface area contributed by atoms with Gasteiger partial charge in [-0.05, 0) is 31.2 Å². The van der Waals surface area contributed by atoms with Crippen LogP contribution in [0.4, 0.5) is 4.79 Å². The molecule has 4 rings (SSSR count). The Kier molecular flexibility index (Phi) is 6.00. The van der Waals surface area contributed by atoms with Crippen LogP contribution in [0, 0.1) is 0 Å². The zero-order valence-electron chi connectivity index (χ0n) is 16.4. The summed E-state index contributed by atoms with van der Waals surface area (Å²) >= 11 is 0. The molecule has 9 heteroatoms. The number of nitrogens with zero attached hydrogens (tertiary/aromatic N) is 2. The van der Waals surface area contributed by atoms with Crippen LogP contribution in [0.3, 0.4) is 0 Å². The predicted molar refractivity (Wildman–Crippen MR) is 103 cm³/mol. The largest absolute Gasteiger partial charge is 0.387 e. The summed E-state index contributed by atoms with van der Waals surface area (Å²) in [4.78, 5) is 37.8. The van der Waals surface area contributed by atoms with Crippen molar-refractivity contribution in [2.45, 2.75) is 50.0 Å². The van der Waals surface area contributed by atoms with Crippen molar-refractivity contribution >= 4 is 11.9 Å². The molecule has 9 nitrogen and oxygen atoms in total. The highest BCUT2D eigenvalue weighted by atomic mass is 16.7. The maximum Gasteiger partial charge on any atom is 0.345 e. The van der Waals surface area contributed by atoms with Crippen molar-refractivity contribution in [3.05, 3.63) is 35.9 Å². The number of hydroxylamine groups is 3. The minimum absolute atomic E-state index is 0.0342. The van der Waals surface area contributed by atoms with Crippen molar-refractivity contribution in [1.82, 2.24) is 20.8 Å². The van der Waals surface area contributed by atoms with Crippen LogP contribution in [0.1, 0.15) is 31.2 Å². The van der Waals surface area contributed by atoms with Gasteiger partial charge in [0.15, 0.2) is 0 Å². The third-order valence-corrected chi connectivity index (χ3v) is 5.81. The number of β-amino-alcohol motifs (C(OH)–C–C–N with tert-alkyl or cyclic N) is 1. The van der Waals surface area contributed by atoms with E-state index in [1.807, 2.05) is 30.3 Å². The van der Waals surface area contributed by atoms with Crippen LogP contribution < -0.4 is 10.8 Å². The van der Waals surface area contributed by atoms with Crippen LogP contribution in [0.5, 0.6) is 0 Å². The van der Waals surface area contributed by atoms with E-state index in [-0.39, 0.29) is 18.0 Å². The van der Waals surface area contributed by atoms with Gasteiger partial charge in [-0.25, -0.2) is 10.3 Å². The maximum absolute atomic E-state index is 12.7. The summed E-state index contributed by atoms with van der Waals surface area (Å²) in [6, 6.07) is 8.81.